The van der Waals surface area contributed by atoms with E-state index in [0.717, 1.165) is 38.5 Å². The molecule has 0 radical (unpaired) electrons. The molecule has 0 bridgehead atoms. The molecule has 0 saturated heterocycles. The van der Waals surface area contributed by atoms with E-state index in [1.54, 1.807) is 6.08 Å². The SMILES string of the molecule is CCCCCCCCCC/C=C\CCCCCCCCCCCCCCCCCCCCCC(=O)NC(COP(=O)(O)OCC[N+](C)(C)C)C(O)/C=C/CC/C=C/CCCCCCCCCCCCCCCCCCCCCCCCCCCC. The fourth-order valence-electron chi connectivity index (χ4n) is 11.7. The number of amides is 1. The van der Waals surface area contributed by atoms with E-state index in [-0.39, 0.29) is 19.1 Å². The maximum atomic E-state index is 13.1. The lowest BCUT2D eigenvalue weighted by atomic mass is 10.0. The number of quaternary nitrogens is 1. The summed E-state index contributed by atoms with van der Waals surface area (Å²) in [6.07, 6.45) is 90.4. The Morgan fingerprint density at radius 2 is 0.647 bits per heavy atom. The van der Waals surface area contributed by atoms with Crippen LogP contribution in [-0.2, 0) is 18.4 Å². The lowest BCUT2D eigenvalue weighted by molar-refractivity contribution is -0.870. The van der Waals surface area contributed by atoms with Crippen molar-refractivity contribution in [2.75, 3.05) is 40.9 Å². The number of unbranched alkanes of at least 4 members (excludes halogenated alkanes) is 54. The zero-order valence-corrected chi connectivity index (χ0v) is 58.8. The number of rotatable bonds is 71. The van der Waals surface area contributed by atoms with Gasteiger partial charge in [-0.3, -0.25) is 13.8 Å². The van der Waals surface area contributed by atoms with Crippen molar-refractivity contribution in [1.82, 2.24) is 5.32 Å². The molecular formula is C76H150N2O6P+. The van der Waals surface area contributed by atoms with E-state index in [4.69, 9.17) is 9.05 Å². The molecule has 0 aliphatic carbocycles. The molecule has 0 heterocycles. The number of allylic oxidation sites excluding steroid dienone is 5. The number of aliphatic hydroxyl groups is 1. The van der Waals surface area contributed by atoms with Crippen LogP contribution in [0.15, 0.2) is 36.5 Å². The van der Waals surface area contributed by atoms with Crippen LogP contribution in [0.3, 0.4) is 0 Å². The van der Waals surface area contributed by atoms with E-state index in [2.05, 4.69) is 43.5 Å². The van der Waals surface area contributed by atoms with Gasteiger partial charge in [0.25, 0.3) is 0 Å². The quantitative estimate of drug-likeness (QED) is 0.0243. The number of hydrogen-bond acceptors (Lipinski definition) is 5. The fraction of sp³-hybridized carbons (Fsp3) is 0.908. The van der Waals surface area contributed by atoms with Crippen molar-refractivity contribution >= 4 is 13.7 Å². The summed E-state index contributed by atoms with van der Waals surface area (Å²) >= 11 is 0. The second kappa shape index (κ2) is 67.1. The molecule has 0 fully saturated rings. The topological polar surface area (TPSA) is 105 Å². The van der Waals surface area contributed by atoms with Crippen LogP contribution in [0.5, 0.6) is 0 Å². The van der Waals surface area contributed by atoms with E-state index in [1.807, 2.05) is 27.2 Å². The third kappa shape index (κ3) is 70.0. The first-order valence-electron chi connectivity index (χ1n) is 37.9. The number of likely N-dealkylation sites (N-methyl/N-ethyl adjacent to an activating group) is 1. The minimum atomic E-state index is -4.36. The highest BCUT2D eigenvalue weighted by atomic mass is 31.2. The van der Waals surface area contributed by atoms with Gasteiger partial charge in [-0.25, -0.2) is 4.57 Å². The van der Waals surface area contributed by atoms with Crippen LogP contribution in [0.4, 0.5) is 0 Å². The molecule has 3 atom stereocenters. The Morgan fingerprint density at radius 1 is 0.388 bits per heavy atom. The van der Waals surface area contributed by atoms with Crippen molar-refractivity contribution in [3.05, 3.63) is 36.5 Å². The molecule has 1 amide bonds. The molecule has 0 rings (SSSR count). The number of carbonyl (C=O) groups is 1. The van der Waals surface area contributed by atoms with Crippen LogP contribution in [0.1, 0.15) is 393 Å². The van der Waals surface area contributed by atoms with Gasteiger partial charge in [-0.15, -0.1) is 0 Å². The normalized spacial score (nSPS) is 13.7. The van der Waals surface area contributed by atoms with E-state index >= 15 is 0 Å². The molecule has 85 heavy (non-hydrogen) atoms. The summed E-state index contributed by atoms with van der Waals surface area (Å²) in [6, 6.07) is -0.864. The second-order valence-electron chi connectivity index (χ2n) is 27.4. The van der Waals surface area contributed by atoms with Gasteiger partial charge >= 0.3 is 7.82 Å². The Kier molecular flexibility index (Phi) is 66.1. The molecule has 0 spiro atoms. The Labute approximate surface area is 531 Å². The lowest BCUT2D eigenvalue weighted by Crippen LogP contribution is -2.45. The molecule has 0 aromatic heterocycles. The molecular weight excluding hydrogens is 1070 g/mol. The molecule has 0 aliphatic heterocycles. The maximum absolute atomic E-state index is 13.1. The lowest BCUT2D eigenvalue weighted by Gasteiger charge is -2.25. The Balaban J connectivity index is 4.02. The van der Waals surface area contributed by atoms with Gasteiger partial charge in [-0.05, 0) is 57.8 Å². The van der Waals surface area contributed by atoms with Gasteiger partial charge in [0.2, 0.25) is 5.91 Å². The molecule has 0 saturated carbocycles. The minimum Gasteiger partial charge on any atom is -0.387 e. The molecule has 0 aliphatic rings. The van der Waals surface area contributed by atoms with Crippen molar-refractivity contribution in [3.8, 4) is 0 Å². The van der Waals surface area contributed by atoms with Gasteiger partial charge in [0.05, 0.1) is 39.9 Å². The summed E-state index contributed by atoms with van der Waals surface area (Å²) in [5.74, 6) is -0.179. The maximum Gasteiger partial charge on any atom is 0.472 e. The molecule has 504 valence electrons. The number of hydrogen-bond donors (Lipinski definition) is 3. The van der Waals surface area contributed by atoms with Crippen LogP contribution in [0.2, 0.25) is 0 Å². The molecule has 0 aromatic carbocycles. The third-order valence-electron chi connectivity index (χ3n) is 17.6. The van der Waals surface area contributed by atoms with Crippen LogP contribution in [0, 0.1) is 0 Å². The van der Waals surface area contributed by atoms with Gasteiger partial charge in [0.1, 0.15) is 13.2 Å². The molecule has 8 nitrogen and oxygen atoms in total. The number of phosphoric acid groups is 1. The first kappa shape index (κ1) is 83.7. The third-order valence-corrected chi connectivity index (χ3v) is 18.6. The van der Waals surface area contributed by atoms with Gasteiger partial charge < -0.3 is 19.8 Å². The van der Waals surface area contributed by atoms with E-state index < -0.39 is 20.0 Å². The van der Waals surface area contributed by atoms with Crippen LogP contribution < -0.4 is 5.32 Å². The summed E-state index contributed by atoms with van der Waals surface area (Å²) in [7, 11) is 1.57. The number of aliphatic hydroxyl groups excluding tert-OH is 1. The Bertz CT molecular complexity index is 1480. The zero-order chi connectivity index (χ0) is 61.9. The number of nitrogens with zero attached hydrogens (tertiary/aromatic N) is 1. The van der Waals surface area contributed by atoms with E-state index in [9.17, 15) is 19.4 Å². The van der Waals surface area contributed by atoms with Gasteiger partial charge in [-0.1, -0.05) is 365 Å². The summed E-state index contributed by atoms with van der Waals surface area (Å²) in [5, 5.41) is 14.0. The van der Waals surface area contributed by atoms with Crippen molar-refractivity contribution in [1.29, 1.82) is 0 Å². The average Bonchev–Trinajstić information content (AvgIpc) is 3.49. The molecule has 9 heteroatoms. The van der Waals surface area contributed by atoms with Crippen LogP contribution in [-0.4, -0.2) is 73.4 Å². The summed E-state index contributed by atoms with van der Waals surface area (Å²) in [4.78, 5) is 23.5. The number of nitrogens with one attached hydrogen (secondary N) is 1. The highest BCUT2D eigenvalue weighted by Gasteiger charge is 2.28. The predicted octanol–water partition coefficient (Wildman–Crippen LogP) is 24.4. The van der Waals surface area contributed by atoms with Gasteiger partial charge in [0.15, 0.2) is 0 Å². The van der Waals surface area contributed by atoms with Crippen molar-refractivity contribution in [2.45, 2.75) is 405 Å². The van der Waals surface area contributed by atoms with Gasteiger partial charge in [-0.2, -0.15) is 0 Å². The van der Waals surface area contributed by atoms with Crippen LogP contribution >= 0.6 is 7.82 Å². The molecule has 3 N–H and O–H groups in total. The van der Waals surface area contributed by atoms with E-state index in [1.165, 1.54) is 334 Å². The first-order valence-corrected chi connectivity index (χ1v) is 39.4. The highest BCUT2D eigenvalue weighted by Crippen LogP contribution is 2.43. The first-order chi connectivity index (χ1) is 41.5. The number of carbonyl (C=O) groups excluding carboxylic acids is 1. The van der Waals surface area contributed by atoms with Gasteiger partial charge in [0, 0.05) is 6.42 Å². The van der Waals surface area contributed by atoms with Crippen molar-refractivity contribution in [2.24, 2.45) is 0 Å². The number of phosphoric ester groups is 1. The zero-order valence-electron chi connectivity index (χ0n) is 57.9. The highest BCUT2D eigenvalue weighted by molar-refractivity contribution is 7.47. The summed E-state index contributed by atoms with van der Waals surface area (Å²) < 4.78 is 23.8. The summed E-state index contributed by atoms with van der Waals surface area (Å²) in [5.41, 5.74) is 0. The second-order valence-corrected chi connectivity index (χ2v) is 28.8. The fourth-order valence-corrected chi connectivity index (χ4v) is 12.4. The average molecular weight is 1220 g/mol. The van der Waals surface area contributed by atoms with E-state index in [0.29, 0.717) is 17.4 Å². The largest absolute Gasteiger partial charge is 0.472 e. The van der Waals surface area contributed by atoms with Crippen molar-refractivity contribution in [3.63, 3.8) is 0 Å². The monoisotopic (exact) mass is 1220 g/mol. The Hall–Kier alpha value is -1.28. The Morgan fingerprint density at radius 3 is 0.941 bits per heavy atom. The smallest absolute Gasteiger partial charge is 0.387 e. The minimum absolute atomic E-state index is 0.0581. The van der Waals surface area contributed by atoms with Crippen molar-refractivity contribution < 1.29 is 32.9 Å². The summed E-state index contributed by atoms with van der Waals surface area (Å²) in [6.45, 7) is 4.86. The molecule has 0 aromatic rings. The standard InChI is InChI=1S/C76H149N2O6P/c1-6-8-10-12-14-16-18-20-22-24-26-28-30-32-34-36-38-40-41-43-45-47-49-51-53-55-57-59-61-63-65-67-69-75(79)74(73-84-85(81,82)83-72-71-78(3,4)5)77-76(80)70-68-66-64-62-60-58-56-54-52-50-48-46-44-42-39-37-35-33-31-29-27-25-23-21-19-17-15-13-11-9-7-2/h25,27,59,61,67,69,74-75,79H,6-24,26,28-58,60,62-66,68,70-73H2,1-5H3,(H-,77,80,81,82)/p+1/b27-25-,61-59+,69-67+. The molecule has 3 unspecified atom stereocenters. The predicted molar refractivity (Wildman–Crippen MR) is 374 cm³/mol. The van der Waals surface area contributed by atoms with Crippen LogP contribution in [0.25, 0.3) is 0 Å².